The quantitative estimate of drug-likeness (QED) is 0.768. The highest BCUT2D eigenvalue weighted by atomic mass is 19.1. The van der Waals surface area contributed by atoms with Crippen molar-refractivity contribution < 1.29 is 9.50 Å². The fourth-order valence-corrected chi connectivity index (χ4v) is 2.52. The minimum atomic E-state index is -0.545. The van der Waals surface area contributed by atoms with Crippen molar-refractivity contribution in [3.05, 3.63) is 29.1 Å². The molecule has 16 heavy (non-hydrogen) atoms. The number of benzene rings is 1. The van der Waals surface area contributed by atoms with Crippen molar-refractivity contribution in [3.63, 3.8) is 0 Å². The molecule has 2 rings (SSSR count). The van der Waals surface area contributed by atoms with Crippen LogP contribution in [0.4, 0.5) is 4.39 Å². The molecule has 3 N–H and O–H groups in total. The molecule has 0 radical (unpaired) electrons. The molecule has 0 spiro atoms. The third-order valence-electron chi connectivity index (χ3n) is 3.56. The van der Waals surface area contributed by atoms with Gasteiger partial charge in [0, 0.05) is 11.1 Å². The summed E-state index contributed by atoms with van der Waals surface area (Å²) in [5, 5.41) is 9.89. The first-order chi connectivity index (χ1) is 7.53. The van der Waals surface area contributed by atoms with E-state index >= 15 is 0 Å². The molecule has 0 amide bonds. The van der Waals surface area contributed by atoms with Gasteiger partial charge >= 0.3 is 0 Å². The molecule has 0 aliphatic heterocycles. The molecule has 1 aromatic rings. The molecule has 2 nitrogen and oxygen atoms in total. The van der Waals surface area contributed by atoms with Crippen LogP contribution >= 0.6 is 0 Å². The van der Waals surface area contributed by atoms with Crippen LogP contribution in [0.15, 0.2) is 12.1 Å². The fraction of sp³-hybridized carbons (Fsp3) is 0.538. The van der Waals surface area contributed by atoms with Crippen molar-refractivity contribution in [3.8, 4) is 5.75 Å². The Kier molecular flexibility index (Phi) is 2.89. The lowest BCUT2D eigenvalue weighted by Gasteiger charge is -2.34. The molecule has 1 fully saturated rings. The van der Waals surface area contributed by atoms with E-state index in [1.54, 1.807) is 6.92 Å². The summed E-state index contributed by atoms with van der Waals surface area (Å²) in [7, 11) is 0. The molecule has 0 saturated heterocycles. The first kappa shape index (κ1) is 11.4. The van der Waals surface area contributed by atoms with Crippen LogP contribution in [0.25, 0.3) is 0 Å². The van der Waals surface area contributed by atoms with Gasteiger partial charge in [0.05, 0.1) is 0 Å². The number of phenols is 1. The van der Waals surface area contributed by atoms with Gasteiger partial charge in [-0.3, -0.25) is 0 Å². The molecule has 0 unspecified atom stereocenters. The van der Waals surface area contributed by atoms with Crippen LogP contribution in [0.2, 0.25) is 0 Å². The number of hydrogen-bond acceptors (Lipinski definition) is 2. The van der Waals surface area contributed by atoms with Gasteiger partial charge in [0.25, 0.3) is 0 Å². The van der Waals surface area contributed by atoms with E-state index in [2.05, 4.69) is 0 Å². The van der Waals surface area contributed by atoms with Gasteiger partial charge in [0.2, 0.25) is 0 Å². The maximum atomic E-state index is 13.5. The Morgan fingerprint density at radius 2 is 1.88 bits per heavy atom. The summed E-state index contributed by atoms with van der Waals surface area (Å²) in [5.74, 6) is -0.161. The predicted octanol–water partition coefficient (Wildman–Crippen LogP) is 2.96. The van der Waals surface area contributed by atoms with E-state index in [-0.39, 0.29) is 11.6 Å². The minimum absolute atomic E-state index is 0.128. The zero-order valence-electron chi connectivity index (χ0n) is 9.59. The Morgan fingerprint density at radius 1 is 1.25 bits per heavy atom. The number of halogens is 1. The standard InChI is InChI=1S/C13H18FNO/c1-9-7-12(16)10(8-11(9)14)13(15)5-3-2-4-6-13/h7-8,16H,2-6,15H2,1H3. The first-order valence-electron chi connectivity index (χ1n) is 5.81. The minimum Gasteiger partial charge on any atom is -0.508 e. The molecule has 1 aliphatic carbocycles. The number of aryl methyl sites for hydroxylation is 1. The van der Waals surface area contributed by atoms with Crippen molar-refractivity contribution in [1.29, 1.82) is 0 Å². The van der Waals surface area contributed by atoms with Crippen LogP contribution in [0.3, 0.4) is 0 Å². The van der Waals surface area contributed by atoms with Gasteiger partial charge in [-0.25, -0.2) is 4.39 Å². The summed E-state index contributed by atoms with van der Waals surface area (Å²) < 4.78 is 13.5. The van der Waals surface area contributed by atoms with Crippen molar-refractivity contribution >= 4 is 0 Å². The number of aromatic hydroxyl groups is 1. The second-order valence-corrected chi connectivity index (χ2v) is 4.84. The molecule has 0 bridgehead atoms. The van der Waals surface area contributed by atoms with E-state index in [1.807, 2.05) is 0 Å². The highest BCUT2D eigenvalue weighted by molar-refractivity contribution is 5.41. The Balaban J connectivity index is 2.42. The molecule has 88 valence electrons. The van der Waals surface area contributed by atoms with Crippen LogP contribution in [-0.4, -0.2) is 5.11 Å². The van der Waals surface area contributed by atoms with Gasteiger partial charge in [-0.15, -0.1) is 0 Å². The zero-order valence-corrected chi connectivity index (χ0v) is 9.59. The molecule has 0 atom stereocenters. The topological polar surface area (TPSA) is 46.2 Å². The third-order valence-corrected chi connectivity index (χ3v) is 3.56. The molecule has 3 heteroatoms. The highest BCUT2D eigenvalue weighted by Crippen LogP contribution is 2.39. The lowest BCUT2D eigenvalue weighted by atomic mass is 9.77. The van der Waals surface area contributed by atoms with Crippen LogP contribution in [-0.2, 0) is 5.54 Å². The molecule has 1 aliphatic rings. The fourth-order valence-electron chi connectivity index (χ4n) is 2.52. The van der Waals surface area contributed by atoms with Crippen LogP contribution < -0.4 is 5.73 Å². The molecule has 0 aromatic heterocycles. The van der Waals surface area contributed by atoms with E-state index in [9.17, 15) is 9.50 Å². The van der Waals surface area contributed by atoms with Crippen molar-refractivity contribution in [2.75, 3.05) is 0 Å². The summed E-state index contributed by atoms with van der Waals surface area (Å²) in [6, 6.07) is 2.86. The van der Waals surface area contributed by atoms with Gasteiger partial charge in [-0.05, 0) is 37.5 Å². The Bertz CT molecular complexity index is 397. The Labute approximate surface area is 95.3 Å². The number of phenolic OH excluding ortho intramolecular Hbond substituents is 1. The van der Waals surface area contributed by atoms with Crippen molar-refractivity contribution in [1.82, 2.24) is 0 Å². The zero-order chi connectivity index (χ0) is 11.8. The van der Waals surface area contributed by atoms with E-state index in [1.165, 1.54) is 18.6 Å². The van der Waals surface area contributed by atoms with Crippen molar-refractivity contribution in [2.45, 2.75) is 44.6 Å². The van der Waals surface area contributed by atoms with Crippen molar-refractivity contribution in [2.24, 2.45) is 5.73 Å². The van der Waals surface area contributed by atoms with E-state index < -0.39 is 5.54 Å². The Morgan fingerprint density at radius 3 is 2.50 bits per heavy atom. The normalized spacial score (nSPS) is 19.7. The monoisotopic (exact) mass is 223 g/mol. The summed E-state index contributed by atoms with van der Waals surface area (Å²) >= 11 is 0. The number of nitrogens with two attached hydrogens (primary N) is 1. The summed E-state index contributed by atoms with van der Waals surface area (Å²) in [4.78, 5) is 0. The van der Waals surface area contributed by atoms with Gasteiger partial charge < -0.3 is 10.8 Å². The second-order valence-electron chi connectivity index (χ2n) is 4.84. The average Bonchev–Trinajstić information content (AvgIpc) is 2.24. The number of hydrogen-bond donors (Lipinski definition) is 2. The van der Waals surface area contributed by atoms with Gasteiger partial charge in [-0.1, -0.05) is 19.3 Å². The summed E-state index contributed by atoms with van der Waals surface area (Å²) in [5.41, 5.74) is 6.75. The van der Waals surface area contributed by atoms with Crippen LogP contribution in [0, 0.1) is 12.7 Å². The number of rotatable bonds is 1. The second kappa shape index (κ2) is 4.06. The van der Waals surface area contributed by atoms with Gasteiger partial charge in [0.1, 0.15) is 11.6 Å². The maximum Gasteiger partial charge on any atom is 0.126 e. The lowest BCUT2D eigenvalue weighted by Crippen LogP contribution is -2.38. The van der Waals surface area contributed by atoms with Gasteiger partial charge in [0.15, 0.2) is 0 Å². The largest absolute Gasteiger partial charge is 0.508 e. The van der Waals surface area contributed by atoms with E-state index in [4.69, 9.17) is 5.73 Å². The SMILES string of the molecule is Cc1cc(O)c(C2(N)CCCCC2)cc1F. The Hall–Kier alpha value is -1.09. The predicted molar refractivity (Wildman–Crippen MR) is 61.8 cm³/mol. The summed E-state index contributed by atoms with van der Waals surface area (Å²) in [6.45, 7) is 1.64. The molecule has 0 heterocycles. The lowest BCUT2D eigenvalue weighted by molar-refractivity contribution is 0.291. The van der Waals surface area contributed by atoms with E-state index in [0.717, 1.165) is 25.7 Å². The molecular weight excluding hydrogens is 205 g/mol. The maximum absolute atomic E-state index is 13.5. The molecule has 1 saturated carbocycles. The smallest absolute Gasteiger partial charge is 0.126 e. The van der Waals surface area contributed by atoms with Crippen LogP contribution in [0.1, 0.15) is 43.2 Å². The summed E-state index contributed by atoms with van der Waals surface area (Å²) in [6.07, 6.45) is 4.91. The third kappa shape index (κ3) is 1.92. The van der Waals surface area contributed by atoms with Gasteiger partial charge in [-0.2, -0.15) is 0 Å². The first-order valence-corrected chi connectivity index (χ1v) is 5.81. The average molecular weight is 223 g/mol. The van der Waals surface area contributed by atoms with Crippen LogP contribution in [0.5, 0.6) is 5.75 Å². The molecular formula is C13H18FNO. The highest BCUT2D eigenvalue weighted by Gasteiger charge is 2.32. The molecule has 1 aromatic carbocycles. The van der Waals surface area contributed by atoms with E-state index in [0.29, 0.717) is 11.1 Å².